The molecule has 0 saturated heterocycles. The van der Waals surface area contributed by atoms with E-state index in [2.05, 4.69) is 9.97 Å². The van der Waals surface area contributed by atoms with E-state index in [0.717, 1.165) is 5.69 Å². The minimum atomic E-state index is 0.211. The molecule has 0 aliphatic carbocycles. The normalized spacial score (nSPS) is 10.7. The molecule has 0 saturated carbocycles. The molecule has 1 aromatic heterocycles. The first-order valence-corrected chi connectivity index (χ1v) is 4.14. The van der Waals surface area contributed by atoms with Crippen LogP contribution in [0.2, 0.25) is 5.15 Å². The summed E-state index contributed by atoms with van der Waals surface area (Å²) < 4.78 is 5.32. The van der Waals surface area contributed by atoms with E-state index in [1.165, 1.54) is 6.20 Å². The third-order valence-electron chi connectivity index (χ3n) is 1.24. The van der Waals surface area contributed by atoms with Crippen molar-refractivity contribution in [3.05, 3.63) is 23.2 Å². The van der Waals surface area contributed by atoms with Crippen LogP contribution in [-0.2, 0) is 11.3 Å². The second-order valence-electron chi connectivity index (χ2n) is 2.69. The van der Waals surface area contributed by atoms with Crippen molar-refractivity contribution in [2.45, 2.75) is 26.6 Å². The van der Waals surface area contributed by atoms with Gasteiger partial charge >= 0.3 is 0 Å². The Morgan fingerprint density at radius 2 is 2.17 bits per heavy atom. The van der Waals surface area contributed by atoms with Crippen molar-refractivity contribution in [2.75, 3.05) is 0 Å². The zero-order chi connectivity index (χ0) is 8.97. The van der Waals surface area contributed by atoms with Gasteiger partial charge in [-0.2, -0.15) is 0 Å². The maximum absolute atomic E-state index is 5.56. The lowest BCUT2D eigenvalue weighted by atomic mass is 10.4. The summed E-state index contributed by atoms with van der Waals surface area (Å²) in [5.74, 6) is 0. The van der Waals surface area contributed by atoms with Crippen LogP contribution in [0.25, 0.3) is 0 Å². The number of aromatic nitrogens is 2. The Bertz CT molecular complexity index is 235. The highest BCUT2D eigenvalue weighted by Gasteiger charge is 1.97. The molecule has 4 heteroatoms. The maximum Gasteiger partial charge on any atom is 0.147 e. The SMILES string of the molecule is CC(C)OCc1cnc(Cl)cn1. The van der Waals surface area contributed by atoms with Crippen LogP contribution in [-0.4, -0.2) is 16.1 Å². The van der Waals surface area contributed by atoms with E-state index < -0.39 is 0 Å². The summed E-state index contributed by atoms with van der Waals surface area (Å²) in [5, 5.41) is 0.406. The van der Waals surface area contributed by atoms with Crippen molar-refractivity contribution < 1.29 is 4.74 Å². The number of halogens is 1. The smallest absolute Gasteiger partial charge is 0.147 e. The molecule has 0 radical (unpaired) electrons. The van der Waals surface area contributed by atoms with Gasteiger partial charge in [-0.15, -0.1) is 0 Å². The summed E-state index contributed by atoms with van der Waals surface area (Å²) in [6.07, 6.45) is 3.34. The lowest BCUT2D eigenvalue weighted by Gasteiger charge is -2.05. The number of ether oxygens (including phenoxy) is 1. The average molecular weight is 187 g/mol. The minimum absolute atomic E-state index is 0.211. The molecular formula is C8H11ClN2O. The van der Waals surface area contributed by atoms with Crippen molar-refractivity contribution >= 4 is 11.6 Å². The lowest BCUT2D eigenvalue weighted by molar-refractivity contribution is 0.0634. The summed E-state index contributed by atoms with van der Waals surface area (Å²) in [6, 6.07) is 0. The first kappa shape index (κ1) is 9.42. The zero-order valence-electron chi connectivity index (χ0n) is 7.12. The largest absolute Gasteiger partial charge is 0.372 e. The molecule has 1 heterocycles. The van der Waals surface area contributed by atoms with E-state index in [0.29, 0.717) is 11.8 Å². The molecule has 3 nitrogen and oxygen atoms in total. The van der Waals surface area contributed by atoms with Crippen LogP contribution < -0.4 is 0 Å². The standard InChI is InChI=1S/C8H11ClN2O/c1-6(2)12-5-7-3-11-8(9)4-10-7/h3-4,6H,5H2,1-2H3. The number of rotatable bonds is 3. The van der Waals surface area contributed by atoms with E-state index in [1.807, 2.05) is 13.8 Å². The highest BCUT2D eigenvalue weighted by Crippen LogP contribution is 2.03. The quantitative estimate of drug-likeness (QED) is 0.725. The molecule has 0 N–H and O–H groups in total. The fourth-order valence-corrected chi connectivity index (χ4v) is 0.763. The molecule has 0 aromatic carbocycles. The second-order valence-corrected chi connectivity index (χ2v) is 3.08. The predicted molar refractivity (Wildman–Crippen MR) is 47.0 cm³/mol. The molecule has 0 spiro atoms. The van der Waals surface area contributed by atoms with Gasteiger partial charge in [0, 0.05) is 0 Å². The van der Waals surface area contributed by atoms with Gasteiger partial charge in [0.15, 0.2) is 0 Å². The third-order valence-corrected chi connectivity index (χ3v) is 1.43. The summed E-state index contributed by atoms with van der Waals surface area (Å²) in [6.45, 7) is 4.44. The van der Waals surface area contributed by atoms with Gasteiger partial charge < -0.3 is 4.74 Å². The molecule has 0 amide bonds. The summed E-state index contributed by atoms with van der Waals surface area (Å²) in [5.41, 5.74) is 0.799. The Labute approximate surface area is 76.7 Å². The topological polar surface area (TPSA) is 35.0 Å². The van der Waals surface area contributed by atoms with E-state index in [-0.39, 0.29) is 6.10 Å². The van der Waals surface area contributed by atoms with Crippen LogP contribution in [0.1, 0.15) is 19.5 Å². The molecule has 1 aromatic rings. The van der Waals surface area contributed by atoms with Gasteiger partial charge in [0.25, 0.3) is 0 Å². The van der Waals surface area contributed by atoms with Gasteiger partial charge in [0.05, 0.1) is 30.8 Å². The molecule has 0 aliphatic heterocycles. The predicted octanol–water partition coefficient (Wildman–Crippen LogP) is 2.05. The molecule has 66 valence electrons. The Kier molecular flexibility index (Phi) is 3.44. The molecule has 0 atom stereocenters. The lowest BCUT2D eigenvalue weighted by Crippen LogP contribution is -2.03. The van der Waals surface area contributed by atoms with Crippen molar-refractivity contribution in [1.29, 1.82) is 0 Å². The monoisotopic (exact) mass is 186 g/mol. The molecular weight excluding hydrogens is 176 g/mol. The molecule has 0 aliphatic rings. The molecule has 0 bridgehead atoms. The summed E-state index contributed by atoms with van der Waals surface area (Å²) in [7, 11) is 0. The van der Waals surface area contributed by atoms with Crippen LogP contribution in [0.15, 0.2) is 12.4 Å². The van der Waals surface area contributed by atoms with Gasteiger partial charge in [0.1, 0.15) is 5.15 Å². The van der Waals surface area contributed by atoms with Crippen LogP contribution in [0.3, 0.4) is 0 Å². The molecule has 0 fully saturated rings. The Hall–Kier alpha value is -0.670. The van der Waals surface area contributed by atoms with Crippen LogP contribution >= 0.6 is 11.6 Å². The van der Waals surface area contributed by atoms with E-state index in [9.17, 15) is 0 Å². The second kappa shape index (κ2) is 4.38. The Balaban J connectivity index is 2.48. The van der Waals surface area contributed by atoms with Crippen molar-refractivity contribution in [1.82, 2.24) is 9.97 Å². The van der Waals surface area contributed by atoms with E-state index in [4.69, 9.17) is 16.3 Å². The van der Waals surface area contributed by atoms with E-state index >= 15 is 0 Å². The highest BCUT2D eigenvalue weighted by molar-refractivity contribution is 6.29. The van der Waals surface area contributed by atoms with Crippen LogP contribution in [0.4, 0.5) is 0 Å². The maximum atomic E-state index is 5.56. The first-order valence-electron chi connectivity index (χ1n) is 3.76. The van der Waals surface area contributed by atoms with Gasteiger partial charge in [-0.05, 0) is 13.8 Å². The third kappa shape index (κ3) is 3.15. The van der Waals surface area contributed by atoms with Gasteiger partial charge in [-0.3, -0.25) is 4.98 Å². The summed E-state index contributed by atoms with van der Waals surface area (Å²) >= 11 is 5.56. The average Bonchev–Trinajstić information content (AvgIpc) is 2.03. The molecule has 1 rings (SSSR count). The van der Waals surface area contributed by atoms with Gasteiger partial charge in [0.2, 0.25) is 0 Å². The number of hydrogen-bond acceptors (Lipinski definition) is 3. The minimum Gasteiger partial charge on any atom is -0.372 e. The van der Waals surface area contributed by atoms with Gasteiger partial charge in [-0.1, -0.05) is 11.6 Å². The van der Waals surface area contributed by atoms with Crippen molar-refractivity contribution in [3.63, 3.8) is 0 Å². The van der Waals surface area contributed by atoms with E-state index in [1.54, 1.807) is 6.20 Å². The Morgan fingerprint density at radius 3 is 2.67 bits per heavy atom. The number of hydrogen-bond donors (Lipinski definition) is 0. The van der Waals surface area contributed by atoms with Crippen LogP contribution in [0, 0.1) is 0 Å². The number of nitrogens with zero attached hydrogens (tertiary/aromatic N) is 2. The summed E-state index contributed by atoms with van der Waals surface area (Å²) in [4.78, 5) is 7.91. The van der Waals surface area contributed by atoms with Gasteiger partial charge in [-0.25, -0.2) is 4.98 Å². The van der Waals surface area contributed by atoms with Crippen molar-refractivity contribution in [3.8, 4) is 0 Å². The Morgan fingerprint density at radius 1 is 1.42 bits per heavy atom. The van der Waals surface area contributed by atoms with Crippen LogP contribution in [0.5, 0.6) is 0 Å². The van der Waals surface area contributed by atoms with Crippen molar-refractivity contribution in [2.24, 2.45) is 0 Å². The molecule has 0 unspecified atom stereocenters. The fourth-order valence-electron chi connectivity index (χ4n) is 0.666. The fraction of sp³-hybridized carbons (Fsp3) is 0.500. The zero-order valence-corrected chi connectivity index (χ0v) is 7.88. The first-order chi connectivity index (χ1) is 5.68. The highest BCUT2D eigenvalue weighted by atomic mass is 35.5. The molecule has 12 heavy (non-hydrogen) atoms.